The van der Waals surface area contributed by atoms with E-state index in [1.807, 2.05) is 5.01 Å². The van der Waals surface area contributed by atoms with Crippen molar-refractivity contribution in [2.45, 2.75) is 19.3 Å². The van der Waals surface area contributed by atoms with E-state index in [0.29, 0.717) is 15.7 Å². The number of hydrogen-bond acceptors (Lipinski definition) is 2. The fraction of sp³-hybridized carbons (Fsp3) is 0.357. The first-order valence-electron chi connectivity index (χ1n) is 6.67. The number of piperidine rings is 1. The van der Waals surface area contributed by atoms with Crippen molar-refractivity contribution in [3.8, 4) is 0 Å². The molecule has 0 radical (unpaired) electrons. The third-order valence-corrected chi connectivity index (χ3v) is 4.04. The molecule has 2 N–H and O–H groups in total. The van der Waals surface area contributed by atoms with E-state index in [1.54, 1.807) is 18.2 Å². The van der Waals surface area contributed by atoms with Crippen LogP contribution < -0.4 is 5.43 Å². The molecular formula is C14H15Cl2N3O. The van der Waals surface area contributed by atoms with Crippen molar-refractivity contribution >= 4 is 40.0 Å². The number of carbonyl (C=O) groups is 1. The third-order valence-electron chi connectivity index (χ3n) is 3.51. The van der Waals surface area contributed by atoms with Crippen LogP contribution in [0.1, 0.15) is 29.8 Å². The van der Waals surface area contributed by atoms with Crippen LogP contribution >= 0.6 is 23.2 Å². The number of halogens is 2. The number of aromatic amines is 1. The summed E-state index contributed by atoms with van der Waals surface area (Å²) in [5.41, 5.74) is 4.18. The normalized spacial score (nSPS) is 16.5. The van der Waals surface area contributed by atoms with Crippen molar-refractivity contribution in [3.05, 3.63) is 33.9 Å². The van der Waals surface area contributed by atoms with Gasteiger partial charge in [-0.3, -0.25) is 10.2 Å². The number of rotatable bonds is 2. The summed E-state index contributed by atoms with van der Waals surface area (Å²) >= 11 is 12.1. The van der Waals surface area contributed by atoms with Crippen molar-refractivity contribution in [3.63, 3.8) is 0 Å². The summed E-state index contributed by atoms with van der Waals surface area (Å²) in [7, 11) is 0. The molecule has 1 saturated heterocycles. The summed E-state index contributed by atoms with van der Waals surface area (Å²) in [6, 6.07) is 5.19. The van der Waals surface area contributed by atoms with Gasteiger partial charge in [-0.15, -0.1) is 0 Å². The highest BCUT2D eigenvalue weighted by Gasteiger charge is 2.16. The van der Waals surface area contributed by atoms with Gasteiger partial charge in [0.1, 0.15) is 5.69 Å². The summed E-state index contributed by atoms with van der Waals surface area (Å²) < 4.78 is 0. The second-order valence-electron chi connectivity index (χ2n) is 5.02. The Morgan fingerprint density at radius 2 is 1.90 bits per heavy atom. The molecule has 1 fully saturated rings. The smallest absolute Gasteiger partial charge is 0.282 e. The van der Waals surface area contributed by atoms with E-state index in [4.69, 9.17) is 23.2 Å². The quantitative estimate of drug-likeness (QED) is 0.890. The van der Waals surface area contributed by atoms with E-state index in [2.05, 4.69) is 10.4 Å². The highest BCUT2D eigenvalue weighted by atomic mass is 35.5. The lowest BCUT2D eigenvalue weighted by molar-refractivity contribution is 0.0745. The van der Waals surface area contributed by atoms with Crippen LogP contribution in [0, 0.1) is 0 Å². The lowest BCUT2D eigenvalue weighted by Gasteiger charge is -2.26. The second kappa shape index (κ2) is 5.64. The lowest BCUT2D eigenvalue weighted by Crippen LogP contribution is -2.45. The van der Waals surface area contributed by atoms with E-state index in [0.717, 1.165) is 36.8 Å². The molecule has 0 atom stereocenters. The van der Waals surface area contributed by atoms with Crippen LogP contribution in [-0.4, -0.2) is 29.0 Å². The molecular weight excluding hydrogens is 297 g/mol. The summed E-state index contributed by atoms with van der Waals surface area (Å²) in [6.07, 6.45) is 3.47. The zero-order valence-electron chi connectivity index (χ0n) is 10.9. The Labute approximate surface area is 127 Å². The molecule has 0 saturated carbocycles. The zero-order valence-corrected chi connectivity index (χ0v) is 12.4. The predicted molar refractivity (Wildman–Crippen MR) is 81.2 cm³/mol. The molecule has 6 heteroatoms. The Balaban J connectivity index is 1.82. The molecule has 4 nitrogen and oxygen atoms in total. The van der Waals surface area contributed by atoms with Crippen molar-refractivity contribution in [1.29, 1.82) is 0 Å². The Kier molecular flexibility index (Phi) is 3.87. The van der Waals surface area contributed by atoms with Crippen molar-refractivity contribution in [2.75, 3.05) is 13.1 Å². The summed E-state index contributed by atoms with van der Waals surface area (Å²) in [5, 5.41) is 3.86. The fourth-order valence-corrected chi connectivity index (χ4v) is 3.04. The van der Waals surface area contributed by atoms with Crippen LogP contribution in [-0.2, 0) is 0 Å². The number of aromatic nitrogens is 1. The van der Waals surface area contributed by atoms with Crippen molar-refractivity contribution < 1.29 is 4.79 Å². The first-order valence-corrected chi connectivity index (χ1v) is 7.43. The van der Waals surface area contributed by atoms with Crippen LogP contribution in [0.2, 0.25) is 10.0 Å². The van der Waals surface area contributed by atoms with E-state index in [1.165, 1.54) is 6.42 Å². The maximum atomic E-state index is 12.2. The largest absolute Gasteiger partial charge is 0.350 e. The Hall–Kier alpha value is -1.23. The maximum Gasteiger partial charge on any atom is 0.282 e. The van der Waals surface area contributed by atoms with Gasteiger partial charge in [0.05, 0.1) is 5.02 Å². The fourth-order valence-electron chi connectivity index (χ4n) is 2.49. The number of nitrogens with zero attached hydrogens (tertiary/aromatic N) is 1. The number of hydrogen-bond donors (Lipinski definition) is 2. The molecule has 1 aliphatic rings. The van der Waals surface area contributed by atoms with Gasteiger partial charge in [0.15, 0.2) is 0 Å². The number of amides is 1. The molecule has 3 rings (SSSR count). The molecule has 20 heavy (non-hydrogen) atoms. The van der Waals surface area contributed by atoms with Gasteiger partial charge in [0, 0.05) is 29.0 Å². The lowest BCUT2D eigenvalue weighted by atomic mass is 10.2. The highest BCUT2D eigenvalue weighted by Crippen LogP contribution is 2.28. The van der Waals surface area contributed by atoms with Gasteiger partial charge in [0.25, 0.3) is 5.91 Å². The molecule has 0 bridgehead atoms. The molecule has 106 valence electrons. The Morgan fingerprint density at radius 3 is 2.65 bits per heavy atom. The van der Waals surface area contributed by atoms with Gasteiger partial charge in [-0.2, -0.15) is 0 Å². The van der Waals surface area contributed by atoms with Crippen LogP contribution in [0.5, 0.6) is 0 Å². The highest BCUT2D eigenvalue weighted by molar-refractivity contribution is 6.38. The van der Waals surface area contributed by atoms with Crippen LogP contribution in [0.15, 0.2) is 18.2 Å². The van der Waals surface area contributed by atoms with E-state index >= 15 is 0 Å². The molecule has 1 aromatic carbocycles. The van der Waals surface area contributed by atoms with Gasteiger partial charge >= 0.3 is 0 Å². The van der Waals surface area contributed by atoms with Gasteiger partial charge in [0.2, 0.25) is 0 Å². The first-order chi connectivity index (χ1) is 9.63. The SMILES string of the molecule is O=C(NN1CCCCC1)c1cc2c(Cl)cc(Cl)cc2[nH]1. The summed E-state index contributed by atoms with van der Waals surface area (Å²) in [6.45, 7) is 1.80. The average Bonchev–Trinajstić information content (AvgIpc) is 2.84. The van der Waals surface area contributed by atoms with Crippen LogP contribution in [0.25, 0.3) is 10.9 Å². The minimum Gasteiger partial charge on any atom is -0.350 e. The molecule has 0 unspecified atom stereocenters. The topological polar surface area (TPSA) is 48.1 Å². The maximum absolute atomic E-state index is 12.2. The minimum atomic E-state index is -0.143. The van der Waals surface area contributed by atoms with Gasteiger partial charge < -0.3 is 4.98 Å². The molecule has 0 spiro atoms. The van der Waals surface area contributed by atoms with Gasteiger partial charge in [-0.25, -0.2) is 5.01 Å². The number of hydrazine groups is 1. The number of nitrogens with one attached hydrogen (secondary N) is 2. The van der Waals surface area contributed by atoms with Crippen LogP contribution in [0.4, 0.5) is 0 Å². The molecule has 1 aliphatic heterocycles. The molecule has 0 aliphatic carbocycles. The average molecular weight is 312 g/mol. The van der Waals surface area contributed by atoms with Gasteiger partial charge in [-0.05, 0) is 31.0 Å². The number of carbonyl (C=O) groups excluding carboxylic acids is 1. The molecule has 2 heterocycles. The first kappa shape index (κ1) is 13.7. The number of benzene rings is 1. The number of H-pyrrole nitrogens is 1. The standard InChI is InChI=1S/C14H15Cl2N3O/c15-9-6-11(16)10-8-13(17-12(10)7-9)14(20)18-19-4-2-1-3-5-19/h6-8,17H,1-5H2,(H,18,20). The summed E-state index contributed by atoms with van der Waals surface area (Å²) in [5.74, 6) is -0.143. The second-order valence-corrected chi connectivity index (χ2v) is 5.86. The predicted octanol–water partition coefficient (Wildman–Crippen LogP) is 3.61. The number of fused-ring (bicyclic) bond motifs is 1. The van der Waals surface area contributed by atoms with Crippen molar-refractivity contribution in [1.82, 2.24) is 15.4 Å². The van der Waals surface area contributed by atoms with Crippen LogP contribution in [0.3, 0.4) is 0 Å². The van der Waals surface area contributed by atoms with Gasteiger partial charge in [-0.1, -0.05) is 29.6 Å². The molecule has 1 aromatic heterocycles. The minimum absolute atomic E-state index is 0.143. The molecule has 1 amide bonds. The van der Waals surface area contributed by atoms with E-state index < -0.39 is 0 Å². The molecule has 2 aromatic rings. The van der Waals surface area contributed by atoms with Crippen molar-refractivity contribution in [2.24, 2.45) is 0 Å². The Bertz CT molecular complexity index is 647. The van der Waals surface area contributed by atoms with E-state index in [9.17, 15) is 4.79 Å². The third kappa shape index (κ3) is 2.77. The monoisotopic (exact) mass is 311 g/mol. The summed E-state index contributed by atoms with van der Waals surface area (Å²) in [4.78, 5) is 15.3. The van der Waals surface area contributed by atoms with E-state index in [-0.39, 0.29) is 5.91 Å². The Morgan fingerprint density at radius 1 is 1.15 bits per heavy atom. The zero-order chi connectivity index (χ0) is 14.1.